The van der Waals surface area contributed by atoms with Crippen molar-refractivity contribution in [3.63, 3.8) is 0 Å². The minimum Gasteiger partial charge on any atom is -0.362 e. The van der Waals surface area contributed by atoms with E-state index in [1.165, 1.54) is 12.1 Å². The van der Waals surface area contributed by atoms with Crippen LogP contribution in [0.5, 0.6) is 0 Å². The zero-order chi connectivity index (χ0) is 15.9. The summed E-state index contributed by atoms with van der Waals surface area (Å²) < 4.78 is 0.898. The van der Waals surface area contributed by atoms with E-state index in [0.29, 0.717) is 23.9 Å². The highest BCUT2D eigenvalue weighted by Crippen LogP contribution is 2.12. The van der Waals surface area contributed by atoms with Crippen molar-refractivity contribution in [1.82, 2.24) is 10.3 Å². The molecular weight excluding hydrogens is 368 g/mol. The van der Waals surface area contributed by atoms with Gasteiger partial charge in [0, 0.05) is 29.3 Å². The van der Waals surface area contributed by atoms with E-state index in [-0.39, 0.29) is 5.69 Å². The van der Waals surface area contributed by atoms with E-state index in [9.17, 15) is 10.1 Å². The zero-order valence-electron chi connectivity index (χ0n) is 11.5. The number of nitro groups is 1. The van der Waals surface area contributed by atoms with Gasteiger partial charge in [0.05, 0.1) is 4.92 Å². The molecule has 0 fully saturated rings. The molecule has 22 heavy (non-hydrogen) atoms. The average molecular weight is 381 g/mol. The van der Waals surface area contributed by atoms with Crippen LogP contribution in [0.15, 0.2) is 47.1 Å². The largest absolute Gasteiger partial charge is 0.362 e. The third kappa shape index (κ3) is 5.05. The molecular formula is C14H13BrN4O2S. The number of non-ortho nitro benzene ring substituents is 1. The summed E-state index contributed by atoms with van der Waals surface area (Å²) in [4.78, 5) is 14.3. The van der Waals surface area contributed by atoms with Gasteiger partial charge < -0.3 is 10.6 Å². The minimum atomic E-state index is -0.410. The number of nitrogens with one attached hydrogen (secondary N) is 2. The molecule has 8 heteroatoms. The number of benzene rings is 1. The van der Waals surface area contributed by atoms with E-state index < -0.39 is 4.92 Å². The molecule has 0 aliphatic carbocycles. The number of nitro benzene ring substituents is 1. The summed E-state index contributed by atoms with van der Waals surface area (Å²) in [5.41, 5.74) is 1.10. The lowest BCUT2D eigenvalue weighted by Crippen LogP contribution is -2.30. The molecule has 0 bridgehead atoms. The number of rotatable bonds is 5. The molecule has 0 spiro atoms. The van der Waals surface area contributed by atoms with Crippen LogP contribution in [0.1, 0.15) is 5.56 Å². The van der Waals surface area contributed by atoms with Crippen molar-refractivity contribution < 1.29 is 4.92 Å². The van der Waals surface area contributed by atoms with Crippen LogP contribution in [0.25, 0.3) is 0 Å². The Morgan fingerprint density at radius 2 is 2.00 bits per heavy atom. The third-order valence-electron chi connectivity index (χ3n) is 2.82. The van der Waals surface area contributed by atoms with Crippen molar-refractivity contribution in [2.75, 3.05) is 11.9 Å². The Bertz CT molecular complexity index is 662. The van der Waals surface area contributed by atoms with Gasteiger partial charge in [0.25, 0.3) is 5.69 Å². The highest BCUT2D eigenvalue weighted by Gasteiger charge is 2.04. The second-order valence-corrected chi connectivity index (χ2v) is 5.74. The first kappa shape index (κ1) is 16.3. The maximum Gasteiger partial charge on any atom is 0.269 e. The topological polar surface area (TPSA) is 80.1 Å². The predicted molar refractivity (Wildman–Crippen MR) is 93.0 cm³/mol. The fourth-order valence-corrected chi connectivity index (χ4v) is 2.16. The maximum atomic E-state index is 10.6. The molecule has 0 amide bonds. The average Bonchev–Trinajstić information content (AvgIpc) is 2.50. The molecule has 2 aromatic rings. The number of aromatic nitrogens is 1. The van der Waals surface area contributed by atoms with Gasteiger partial charge >= 0.3 is 0 Å². The molecule has 1 heterocycles. The highest BCUT2D eigenvalue weighted by atomic mass is 79.9. The van der Waals surface area contributed by atoms with Gasteiger partial charge in [-0.1, -0.05) is 12.1 Å². The number of halogens is 1. The van der Waals surface area contributed by atoms with Crippen LogP contribution in [-0.2, 0) is 6.42 Å². The number of hydrogen-bond acceptors (Lipinski definition) is 4. The fourth-order valence-electron chi connectivity index (χ4n) is 1.71. The quantitative estimate of drug-likeness (QED) is 0.470. The summed E-state index contributed by atoms with van der Waals surface area (Å²) in [6.45, 7) is 0.625. The fraction of sp³-hybridized carbons (Fsp3) is 0.143. The van der Waals surface area contributed by atoms with Crippen LogP contribution < -0.4 is 10.6 Å². The highest BCUT2D eigenvalue weighted by molar-refractivity contribution is 9.10. The summed E-state index contributed by atoms with van der Waals surface area (Å²) in [6.07, 6.45) is 2.40. The van der Waals surface area contributed by atoms with Gasteiger partial charge in [-0.05, 0) is 52.3 Å². The number of nitrogens with zero attached hydrogens (tertiary/aromatic N) is 2. The zero-order valence-corrected chi connectivity index (χ0v) is 13.9. The van der Waals surface area contributed by atoms with Crippen LogP contribution in [0.3, 0.4) is 0 Å². The van der Waals surface area contributed by atoms with Crippen LogP contribution >= 0.6 is 28.1 Å². The summed E-state index contributed by atoms with van der Waals surface area (Å²) in [7, 11) is 0. The number of thiocarbonyl (C=S) groups is 1. The Balaban J connectivity index is 1.77. The molecule has 2 N–H and O–H groups in total. The van der Waals surface area contributed by atoms with E-state index in [4.69, 9.17) is 12.2 Å². The van der Waals surface area contributed by atoms with Crippen LogP contribution in [0, 0.1) is 10.1 Å². The number of anilines is 1. The van der Waals surface area contributed by atoms with Crippen molar-refractivity contribution in [3.8, 4) is 0 Å². The van der Waals surface area contributed by atoms with E-state index in [2.05, 4.69) is 31.5 Å². The Kier molecular flexibility index (Phi) is 5.79. The van der Waals surface area contributed by atoms with E-state index in [1.54, 1.807) is 18.3 Å². The summed E-state index contributed by atoms with van der Waals surface area (Å²) in [5.74, 6) is 0.663. The van der Waals surface area contributed by atoms with Crippen molar-refractivity contribution in [2.45, 2.75) is 6.42 Å². The first-order chi connectivity index (χ1) is 10.5. The SMILES string of the molecule is O=[N+]([O-])c1ccc(CCNC(=S)Nc2ccc(Br)cn2)cc1. The Morgan fingerprint density at radius 1 is 1.27 bits per heavy atom. The van der Waals surface area contributed by atoms with Crippen LogP contribution in [-0.4, -0.2) is 21.6 Å². The standard InChI is InChI=1S/C14H13BrN4O2S/c15-11-3-6-13(17-9-11)18-14(22)16-8-7-10-1-4-12(5-2-10)19(20)21/h1-6,9H,7-8H2,(H2,16,17,18,22). The van der Waals surface area contributed by atoms with Gasteiger partial charge in [-0.2, -0.15) is 0 Å². The molecule has 0 saturated carbocycles. The monoisotopic (exact) mass is 380 g/mol. The molecule has 2 rings (SSSR count). The lowest BCUT2D eigenvalue weighted by atomic mass is 10.1. The van der Waals surface area contributed by atoms with Gasteiger partial charge in [-0.3, -0.25) is 10.1 Å². The lowest BCUT2D eigenvalue weighted by Gasteiger charge is -2.09. The lowest BCUT2D eigenvalue weighted by molar-refractivity contribution is -0.384. The molecule has 0 aliphatic heterocycles. The van der Waals surface area contributed by atoms with E-state index in [0.717, 1.165) is 10.0 Å². The summed E-state index contributed by atoms with van der Waals surface area (Å²) in [5, 5.41) is 17.1. The first-order valence-electron chi connectivity index (χ1n) is 6.44. The van der Waals surface area contributed by atoms with Gasteiger partial charge in [-0.25, -0.2) is 4.98 Å². The molecule has 114 valence electrons. The normalized spacial score (nSPS) is 10.0. The Hall–Kier alpha value is -2.06. The first-order valence-corrected chi connectivity index (χ1v) is 7.64. The molecule has 1 aromatic carbocycles. The van der Waals surface area contributed by atoms with Crippen molar-refractivity contribution in [1.29, 1.82) is 0 Å². The smallest absolute Gasteiger partial charge is 0.269 e. The second kappa shape index (κ2) is 7.81. The Labute approximate surface area is 141 Å². The van der Waals surface area contributed by atoms with Gasteiger partial charge in [0.1, 0.15) is 5.82 Å². The Morgan fingerprint density at radius 3 is 2.59 bits per heavy atom. The summed E-state index contributed by atoms with van der Waals surface area (Å²) >= 11 is 8.49. The number of hydrogen-bond donors (Lipinski definition) is 2. The predicted octanol–water partition coefficient (Wildman–Crippen LogP) is 3.28. The van der Waals surface area contributed by atoms with Gasteiger partial charge in [-0.15, -0.1) is 0 Å². The van der Waals surface area contributed by atoms with Gasteiger partial charge in [0.15, 0.2) is 5.11 Å². The molecule has 0 unspecified atom stereocenters. The van der Waals surface area contributed by atoms with Crippen molar-refractivity contribution in [3.05, 3.63) is 62.7 Å². The molecule has 0 aliphatic rings. The van der Waals surface area contributed by atoms with E-state index in [1.807, 2.05) is 12.1 Å². The number of pyridine rings is 1. The third-order valence-corrected chi connectivity index (χ3v) is 3.53. The maximum absolute atomic E-state index is 10.6. The van der Waals surface area contributed by atoms with Gasteiger partial charge in [0.2, 0.25) is 0 Å². The van der Waals surface area contributed by atoms with Crippen LogP contribution in [0.2, 0.25) is 0 Å². The minimum absolute atomic E-state index is 0.0928. The van der Waals surface area contributed by atoms with Crippen molar-refractivity contribution in [2.24, 2.45) is 0 Å². The molecule has 6 nitrogen and oxygen atoms in total. The molecule has 0 radical (unpaired) electrons. The van der Waals surface area contributed by atoms with E-state index >= 15 is 0 Å². The molecule has 1 aromatic heterocycles. The van der Waals surface area contributed by atoms with Crippen LogP contribution in [0.4, 0.5) is 11.5 Å². The summed E-state index contributed by atoms with van der Waals surface area (Å²) in [6, 6.07) is 10.2. The molecule has 0 atom stereocenters. The molecule has 0 saturated heterocycles. The second-order valence-electron chi connectivity index (χ2n) is 4.42. The van der Waals surface area contributed by atoms with Crippen molar-refractivity contribution >= 4 is 44.8 Å².